The Morgan fingerprint density at radius 2 is 2.09 bits per heavy atom. The lowest BCUT2D eigenvalue weighted by molar-refractivity contribution is -0.0444. The number of hydrogen-bond donors (Lipinski definition) is 2. The molecule has 2 aromatic carbocycles. The number of H-pyrrole nitrogens is 1. The van der Waals surface area contributed by atoms with Crippen LogP contribution >= 0.6 is 0 Å². The molecule has 7 nitrogen and oxygen atoms in total. The zero-order valence-corrected chi connectivity index (χ0v) is 19.7. The van der Waals surface area contributed by atoms with Crippen LogP contribution in [0.1, 0.15) is 30.1 Å². The highest BCUT2D eigenvalue weighted by Crippen LogP contribution is 2.42. The molecule has 5 heterocycles. The molecule has 7 heteroatoms. The minimum absolute atomic E-state index is 0.178. The summed E-state index contributed by atoms with van der Waals surface area (Å²) >= 11 is 0. The maximum atomic E-state index is 11.2. The van der Waals surface area contributed by atoms with Gasteiger partial charge in [-0.2, -0.15) is 0 Å². The van der Waals surface area contributed by atoms with Gasteiger partial charge in [0.25, 0.3) is 0 Å². The number of aromatic amines is 1. The van der Waals surface area contributed by atoms with Crippen LogP contribution in [0.2, 0.25) is 0 Å². The summed E-state index contributed by atoms with van der Waals surface area (Å²) in [7, 11) is 1.66. The third-order valence-corrected chi connectivity index (χ3v) is 7.30. The number of nitrogens with one attached hydrogen (secondary N) is 1. The van der Waals surface area contributed by atoms with Crippen molar-refractivity contribution >= 4 is 21.9 Å². The van der Waals surface area contributed by atoms with Crippen molar-refractivity contribution in [2.24, 2.45) is 11.8 Å². The highest BCUT2D eigenvalue weighted by atomic mass is 16.5. The molecular weight excluding hydrogens is 426 g/mol. The predicted octanol–water partition coefficient (Wildman–Crippen LogP) is 4.44. The van der Waals surface area contributed by atoms with E-state index < -0.39 is 6.10 Å². The number of benzene rings is 2. The van der Waals surface area contributed by atoms with Crippen molar-refractivity contribution in [1.82, 2.24) is 25.3 Å². The van der Waals surface area contributed by atoms with Gasteiger partial charge in [0, 0.05) is 24.2 Å². The molecule has 2 N–H and O–H groups in total. The first-order valence-electron chi connectivity index (χ1n) is 11.8. The summed E-state index contributed by atoms with van der Waals surface area (Å²) in [5, 5.41) is 22.5. The van der Waals surface area contributed by atoms with Crippen LogP contribution in [0, 0.1) is 18.8 Å². The lowest BCUT2D eigenvalue weighted by Gasteiger charge is -2.50. The number of pyridine rings is 1. The highest BCUT2D eigenvalue weighted by molar-refractivity contribution is 5.84. The van der Waals surface area contributed by atoms with Gasteiger partial charge in [-0.05, 0) is 85.7 Å². The molecule has 3 aliphatic heterocycles. The Hall–Kier alpha value is -3.29. The average molecular weight is 458 g/mol. The largest absolute Gasteiger partial charge is 0.497 e. The second kappa shape index (κ2) is 9.52. The van der Waals surface area contributed by atoms with Crippen molar-refractivity contribution in [3.63, 3.8) is 0 Å². The summed E-state index contributed by atoms with van der Waals surface area (Å²) in [6, 6.07) is 14.0. The van der Waals surface area contributed by atoms with Gasteiger partial charge in [-0.3, -0.25) is 15.0 Å². The summed E-state index contributed by atoms with van der Waals surface area (Å²) < 4.78 is 5.35. The number of nitrogens with zero attached hydrogens (tertiary/aromatic N) is 4. The van der Waals surface area contributed by atoms with E-state index in [1.54, 1.807) is 13.3 Å². The third kappa shape index (κ3) is 4.29. The van der Waals surface area contributed by atoms with Crippen molar-refractivity contribution in [3.8, 4) is 5.75 Å². The first-order chi connectivity index (χ1) is 16.6. The Bertz CT molecular complexity index is 1300. The lowest BCUT2D eigenvalue weighted by Crippen LogP contribution is -2.54. The smallest absolute Gasteiger partial charge is 0.119 e. The number of aromatic nitrogens is 4. The van der Waals surface area contributed by atoms with Crippen molar-refractivity contribution in [3.05, 3.63) is 72.4 Å². The van der Waals surface area contributed by atoms with Crippen LogP contribution < -0.4 is 4.74 Å². The van der Waals surface area contributed by atoms with Gasteiger partial charge in [-0.1, -0.05) is 17.4 Å². The molecule has 3 saturated heterocycles. The van der Waals surface area contributed by atoms with E-state index in [2.05, 4.69) is 37.9 Å². The number of fused-ring (bicyclic) bond motifs is 5. The number of piperidine rings is 3. The van der Waals surface area contributed by atoms with Gasteiger partial charge in [-0.15, -0.1) is 11.7 Å². The summed E-state index contributed by atoms with van der Waals surface area (Å²) in [5.41, 5.74) is 4.98. The molecule has 34 heavy (non-hydrogen) atoms. The molecule has 7 rings (SSSR count). The molecule has 0 spiro atoms. The molecule has 0 aliphatic carbocycles. The fourth-order valence-electron chi connectivity index (χ4n) is 5.40. The fraction of sp³-hybridized carbons (Fsp3) is 0.370. The Labute approximate surface area is 199 Å². The van der Waals surface area contributed by atoms with Gasteiger partial charge in [0.2, 0.25) is 0 Å². The van der Waals surface area contributed by atoms with Gasteiger partial charge < -0.3 is 9.84 Å². The van der Waals surface area contributed by atoms with Gasteiger partial charge in [0.05, 0.1) is 24.2 Å². The molecule has 4 aromatic rings. The van der Waals surface area contributed by atoms with Crippen LogP contribution in [-0.2, 0) is 0 Å². The first-order valence-corrected chi connectivity index (χ1v) is 11.8. The molecule has 0 amide bonds. The first kappa shape index (κ1) is 22.5. The number of rotatable bonds is 4. The van der Waals surface area contributed by atoms with Crippen molar-refractivity contribution in [2.75, 3.05) is 20.2 Å². The number of aliphatic hydroxyl groups is 1. The normalized spacial score (nSPS) is 24.4. The van der Waals surface area contributed by atoms with E-state index in [1.165, 1.54) is 12.0 Å². The topological polar surface area (TPSA) is 87.2 Å². The summed E-state index contributed by atoms with van der Waals surface area (Å²) in [6.45, 7) is 8.10. The summed E-state index contributed by atoms with van der Waals surface area (Å²) in [4.78, 5) is 6.86. The van der Waals surface area contributed by atoms with Crippen LogP contribution in [0.15, 0.2) is 61.3 Å². The van der Waals surface area contributed by atoms with Crippen LogP contribution in [0.25, 0.3) is 21.9 Å². The van der Waals surface area contributed by atoms with E-state index in [4.69, 9.17) is 4.74 Å². The average Bonchev–Trinajstić information content (AvgIpc) is 3.35. The monoisotopic (exact) mass is 457 g/mol. The molecule has 0 saturated carbocycles. The van der Waals surface area contributed by atoms with Crippen LogP contribution in [0.5, 0.6) is 5.75 Å². The van der Waals surface area contributed by atoms with E-state index in [0.29, 0.717) is 11.8 Å². The zero-order chi connectivity index (χ0) is 23.7. The Balaban J connectivity index is 0.000000200. The number of ether oxygens (including phenoxy) is 1. The van der Waals surface area contributed by atoms with Crippen molar-refractivity contribution in [2.45, 2.75) is 31.9 Å². The van der Waals surface area contributed by atoms with E-state index >= 15 is 0 Å². The molecule has 5 unspecified atom stereocenters. The standard InChI is InChI=1S/C20H24N2O2.C7H7N3/c1-3-13-12-22-9-7-14(13)10-19(22)20(23)16-6-8-21-18-5-4-15(24-2)11-17(16)18;1-5-2-3-6-7(4-5)9-10-8-6/h3-6,8,11,13-14,19-20,23H,1,7,9-10,12H2,2H3;2-4H,1H3,(H,8,9,10). The van der Waals surface area contributed by atoms with Gasteiger partial charge in [0.15, 0.2) is 0 Å². The van der Waals surface area contributed by atoms with Crippen LogP contribution in [0.3, 0.4) is 0 Å². The summed E-state index contributed by atoms with van der Waals surface area (Å²) in [6.07, 6.45) is 5.62. The van der Waals surface area contributed by atoms with Gasteiger partial charge in [-0.25, -0.2) is 0 Å². The number of aliphatic hydroxyl groups excluding tert-OH is 1. The molecule has 2 aromatic heterocycles. The molecule has 5 atom stereocenters. The van der Waals surface area contributed by atoms with Gasteiger partial charge >= 0.3 is 0 Å². The Kier molecular flexibility index (Phi) is 6.30. The maximum absolute atomic E-state index is 11.2. The van der Waals surface area contributed by atoms with Crippen LogP contribution in [0.4, 0.5) is 0 Å². The minimum atomic E-state index is -0.504. The number of methoxy groups -OCH3 is 1. The van der Waals surface area contributed by atoms with Crippen molar-refractivity contribution in [1.29, 1.82) is 0 Å². The Morgan fingerprint density at radius 3 is 2.85 bits per heavy atom. The predicted molar refractivity (Wildman–Crippen MR) is 134 cm³/mol. The van der Waals surface area contributed by atoms with Crippen LogP contribution in [-0.4, -0.2) is 56.6 Å². The van der Waals surface area contributed by atoms with Gasteiger partial charge in [0.1, 0.15) is 11.3 Å². The third-order valence-electron chi connectivity index (χ3n) is 7.30. The Morgan fingerprint density at radius 1 is 1.21 bits per heavy atom. The minimum Gasteiger partial charge on any atom is -0.497 e. The van der Waals surface area contributed by atoms with Crippen molar-refractivity contribution < 1.29 is 9.84 Å². The maximum Gasteiger partial charge on any atom is 0.119 e. The summed E-state index contributed by atoms with van der Waals surface area (Å²) in [5.74, 6) is 2.01. The quantitative estimate of drug-likeness (QED) is 0.441. The van der Waals surface area contributed by atoms with E-state index in [-0.39, 0.29) is 6.04 Å². The number of aryl methyl sites for hydroxylation is 1. The molecule has 3 fully saturated rings. The molecule has 176 valence electrons. The molecule has 0 radical (unpaired) electrons. The number of hydrogen-bond acceptors (Lipinski definition) is 6. The zero-order valence-electron chi connectivity index (χ0n) is 19.7. The second-order valence-corrected chi connectivity index (χ2v) is 9.31. The SMILES string of the molecule is C=CC1CN2CCC1CC2C(O)c1ccnc2ccc(OC)cc12.Cc1ccc2[nH]nnc2c1. The van der Waals surface area contributed by atoms with E-state index in [9.17, 15) is 5.11 Å². The molecular formula is C27H31N5O2. The molecule has 2 bridgehead atoms. The van der Waals surface area contributed by atoms with E-state index in [1.807, 2.05) is 49.4 Å². The fourth-order valence-corrected chi connectivity index (χ4v) is 5.40. The second-order valence-electron chi connectivity index (χ2n) is 9.31. The molecule has 3 aliphatic rings. The lowest BCUT2D eigenvalue weighted by atomic mass is 9.73. The highest BCUT2D eigenvalue weighted by Gasteiger charge is 2.42. The van der Waals surface area contributed by atoms with E-state index in [0.717, 1.165) is 52.8 Å².